The smallest absolute Gasteiger partial charge is 0.355 e. The van der Waals surface area contributed by atoms with Crippen LogP contribution in [0.5, 0.6) is 0 Å². The molecule has 0 aliphatic carbocycles. The summed E-state index contributed by atoms with van der Waals surface area (Å²) in [4.78, 5) is 10.1. The molecule has 0 atom stereocenters. The largest absolute Gasteiger partial charge is 0.476 e. The third kappa shape index (κ3) is 2.88. The number of carboxylic acid groups (broad SMARTS) is 1. The standard InChI is InChI=1S/C10H15FN2O4S/c1-10(2,3)12-18(16,17)6-5-13(4)8(7(6)11)9(14)15/h5,12H,1-4H3,(H,14,15). The highest BCUT2D eigenvalue weighted by molar-refractivity contribution is 7.89. The van der Waals surface area contributed by atoms with E-state index in [1.165, 1.54) is 7.05 Å². The van der Waals surface area contributed by atoms with Crippen LogP contribution in [-0.2, 0) is 17.1 Å². The Bertz CT molecular complexity index is 584. The summed E-state index contributed by atoms with van der Waals surface area (Å²) in [5.74, 6) is -2.78. The van der Waals surface area contributed by atoms with Crippen molar-refractivity contribution < 1.29 is 22.7 Å². The summed E-state index contributed by atoms with van der Waals surface area (Å²) in [5.41, 5.74) is -1.48. The predicted octanol–water partition coefficient (Wildman–Crippen LogP) is 0.939. The molecule has 0 aliphatic rings. The first kappa shape index (κ1) is 14.7. The molecule has 0 fully saturated rings. The van der Waals surface area contributed by atoms with Crippen molar-refractivity contribution in [1.82, 2.24) is 9.29 Å². The van der Waals surface area contributed by atoms with Crippen LogP contribution in [0.4, 0.5) is 4.39 Å². The van der Waals surface area contributed by atoms with E-state index >= 15 is 0 Å². The molecule has 0 aliphatic heterocycles. The molecule has 6 nitrogen and oxygen atoms in total. The van der Waals surface area contributed by atoms with Gasteiger partial charge in [-0.1, -0.05) is 0 Å². The lowest BCUT2D eigenvalue weighted by Gasteiger charge is -2.19. The molecule has 1 rings (SSSR count). The molecule has 18 heavy (non-hydrogen) atoms. The number of nitrogens with one attached hydrogen (secondary N) is 1. The maximum atomic E-state index is 13.8. The minimum absolute atomic E-state index is 0.669. The molecule has 0 radical (unpaired) electrons. The first-order valence-corrected chi connectivity index (χ1v) is 6.56. The van der Waals surface area contributed by atoms with Gasteiger partial charge in [-0.15, -0.1) is 0 Å². The van der Waals surface area contributed by atoms with E-state index in [4.69, 9.17) is 5.11 Å². The zero-order valence-electron chi connectivity index (χ0n) is 10.5. The number of sulfonamides is 1. The number of halogens is 1. The van der Waals surface area contributed by atoms with Crippen LogP contribution < -0.4 is 4.72 Å². The molecule has 8 heteroatoms. The summed E-state index contributed by atoms with van der Waals surface area (Å²) in [5, 5.41) is 8.78. The molecule has 0 spiro atoms. The van der Waals surface area contributed by atoms with Gasteiger partial charge in [-0.2, -0.15) is 0 Å². The Morgan fingerprint density at radius 3 is 2.28 bits per heavy atom. The second-order valence-corrected chi connectivity index (χ2v) is 6.58. The molecule has 0 aromatic carbocycles. The van der Waals surface area contributed by atoms with E-state index in [-0.39, 0.29) is 0 Å². The molecule has 0 saturated heterocycles. The average molecular weight is 278 g/mol. The molecule has 0 unspecified atom stereocenters. The van der Waals surface area contributed by atoms with Crippen LogP contribution in [0.2, 0.25) is 0 Å². The van der Waals surface area contributed by atoms with E-state index < -0.39 is 37.9 Å². The summed E-state index contributed by atoms with van der Waals surface area (Å²) in [6.45, 7) is 4.80. The first-order chi connectivity index (χ1) is 7.96. The Morgan fingerprint density at radius 1 is 1.44 bits per heavy atom. The van der Waals surface area contributed by atoms with Crippen molar-refractivity contribution in [3.8, 4) is 0 Å². The monoisotopic (exact) mass is 278 g/mol. The minimum atomic E-state index is -4.09. The highest BCUT2D eigenvalue weighted by atomic mass is 32.2. The van der Waals surface area contributed by atoms with Crippen molar-refractivity contribution in [2.24, 2.45) is 7.05 Å². The van der Waals surface area contributed by atoms with Gasteiger partial charge in [0.15, 0.2) is 11.5 Å². The minimum Gasteiger partial charge on any atom is -0.476 e. The molecule has 2 N–H and O–H groups in total. The molecule has 0 saturated carbocycles. The summed E-state index contributed by atoms with van der Waals surface area (Å²) in [7, 11) is -2.83. The zero-order valence-corrected chi connectivity index (χ0v) is 11.3. The van der Waals surface area contributed by atoms with Crippen LogP contribution in [-0.4, -0.2) is 29.6 Å². The Labute approximate surface area is 104 Å². The van der Waals surface area contributed by atoms with Crippen molar-refractivity contribution in [3.63, 3.8) is 0 Å². The number of nitrogens with zero attached hydrogens (tertiary/aromatic N) is 1. The Hall–Kier alpha value is -1.41. The van der Waals surface area contributed by atoms with Crippen LogP contribution in [0, 0.1) is 5.82 Å². The molecule has 0 amide bonds. The normalized spacial score (nSPS) is 12.7. The fraction of sp³-hybridized carbons (Fsp3) is 0.500. The summed E-state index contributed by atoms with van der Waals surface area (Å²) in [6, 6.07) is 0. The van der Waals surface area contributed by atoms with E-state index in [0.29, 0.717) is 0 Å². The lowest BCUT2D eigenvalue weighted by molar-refractivity contribution is 0.0681. The molecule has 1 aromatic heterocycles. The third-order valence-corrected chi connectivity index (χ3v) is 3.77. The lowest BCUT2D eigenvalue weighted by atomic mass is 10.1. The van der Waals surface area contributed by atoms with E-state index in [2.05, 4.69) is 4.72 Å². The second-order valence-electron chi connectivity index (χ2n) is 4.93. The van der Waals surface area contributed by atoms with Gasteiger partial charge >= 0.3 is 5.97 Å². The lowest BCUT2D eigenvalue weighted by Crippen LogP contribution is -2.40. The summed E-state index contributed by atoms with van der Waals surface area (Å²) >= 11 is 0. The van der Waals surface area contributed by atoms with Crippen molar-refractivity contribution in [2.75, 3.05) is 0 Å². The number of aromatic carboxylic acids is 1. The number of aromatic nitrogens is 1. The fourth-order valence-corrected chi connectivity index (χ4v) is 3.00. The highest BCUT2D eigenvalue weighted by Crippen LogP contribution is 2.21. The van der Waals surface area contributed by atoms with Gasteiger partial charge in [0.2, 0.25) is 10.0 Å². The van der Waals surface area contributed by atoms with Crippen LogP contribution >= 0.6 is 0 Å². The average Bonchev–Trinajstić information content (AvgIpc) is 2.37. The highest BCUT2D eigenvalue weighted by Gasteiger charge is 2.30. The van der Waals surface area contributed by atoms with Gasteiger partial charge < -0.3 is 9.67 Å². The topological polar surface area (TPSA) is 88.4 Å². The van der Waals surface area contributed by atoms with Gasteiger partial charge in [0.05, 0.1) is 0 Å². The first-order valence-electron chi connectivity index (χ1n) is 5.08. The van der Waals surface area contributed by atoms with Crippen LogP contribution in [0.15, 0.2) is 11.1 Å². The molecular formula is C10H15FN2O4S. The number of rotatable bonds is 3. The van der Waals surface area contributed by atoms with Gasteiger partial charge in [-0.3, -0.25) is 0 Å². The van der Waals surface area contributed by atoms with E-state index in [9.17, 15) is 17.6 Å². The van der Waals surface area contributed by atoms with E-state index in [1.54, 1.807) is 20.8 Å². The number of carbonyl (C=O) groups is 1. The Kier molecular flexibility index (Phi) is 3.55. The van der Waals surface area contributed by atoms with Crippen LogP contribution in [0.25, 0.3) is 0 Å². The van der Waals surface area contributed by atoms with E-state index in [0.717, 1.165) is 10.8 Å². The molecule has 1 heterocycles. The number of carboxylic acids is 1. The van der Waals surface area contributed by atoms with Crippen molar-refractivity contribution in [1.29, 1.82) is 0 Å². The van der Waals surface area contributed by atoms with Gasteiger partial charge in [-0.25, -0.2) is 22.3 Å². The molecule has 102 valence electrons. The number of hydrogen-bond acceptors (Lipinski definition) is 3. The predicted molar refractivity (Wildman–Crippen MR) is 62.4 cm³/mol. The van der Waals surface area contributed by atoms with Gasteiger partial charge in [-0.05, 0) is 20.8 Å². The van der Waals surface area contributed by atoms with Crippen molar-refractivity contribution >= 4 is 16.0 Å². The molecular weight excluding hydrogens is 263 g/mol. The number of aryl methyl sites for hydroxylation is 1. The summed E-state index contributed by atoms with van der Waals surface area (Å²) in [6.07, 6.45) is 0.937. The third-order valence-electron chi connectivity index (χ3n) is 2.02. The SMILES string of the molecule is Cn1cc(S(=O)(=O)NC(C)(C)C)c(F)c1C(=O)O. The van der Waals surface area contributed by atoms with Gasteiger partial charge in [0, 0.05) is 18.8 Å². The van der Waals surface area contributed by atoms with E-state index in [1.807, 2.05) is 0 Å². The molecule has 0 bridgehead atoms. The van der Waals surface area contributed by atoms with Crippen LogP contribution in [0.3, 0.4) is 0 Å². The van der Waals surface area contributed by atoms with Crippen LogP contribution in [0.1, 0.15) is 31.3 Å². The zero-order chi connectivity index (χ0) is 14.3. The maximum absolute atomic E-state index is 13.8. The maximum Gasteiger partial charge on any atom is 0.355 e. The Morgan fingerprint density at radius 2 is 1.94 bits per heavy atom. The Balaban J connectivity index is 3.36. The van der Waals surface area contributed by atoms with Gasteiger partial charge in [0.1, 0.15) is 4.90 Å². The number of hydrogen-bond donors (Lipinski definition) is 2. The summed E-state index contributed by atoms with van der Waals surface area (Å²) < 4.78 is 40.8. The van der Waals surface area contributed by atoms with Gasteiger partial charge in [0.25, 0.3) is 0 Å². The molecule has 1 aromatic rings. The fourth-order valence-electron chi connectivity index (χ4n) is 1.46. The van der Waals surface area contributed by atoms with Crippen molar-refractivity contribution in [3.05, 3.63) is 17.7 Å². The second kappa shape index (κ2) is 4.36. The quantitative estimate of drug-likeness (QED) is 0.861. The van der Waals surface area contributed by atoms with Crippen molar-refractivity contribution in [2.45, 2.75) is 31.2 Å².